The minimum atomic E-state index is -4.37. The number of nitrogens with one attached hydrogen (secondary N) is 2. The first kappa shape index (κ1) is 24.5. The molecule has 0 heterocycles. The fourth-order valence-corrected chi connectivity index (χ4v) is 3.94. The molecule has 174 valence electrons. The van der Waals surface area contributed by atoms with E-state index in [4.69, 9.17) is 0 Å². The lowest BCUT2D eigenvalue weighted by Crippen LogP contribution is -2.36. The van der Waals surface area contributed by atoms with Crippen LogP contribution in [0.3, 0.4) is 0 Å². The Labute approximate surface area is 193 Å². The number of carbonyl (C=O) groups is 1. The Hall–Kier alpha value is -3.12. The third-order valence-electron chi connectivity index (χ3n) is 6.00. The Bertz CT molecular complexity index is 1060. The second kappa shape index (κ2) is 10.7. The molecule has 0 fully saturated rings. The lowest BCUT2D eigenvalue weighted by molar-refractivity contribution is -0.137. The Kier molecular flexibility index (Phi) is 7.92. The van der Waals surface area contributed by atoms with Crippen LogP contribution < -0.4 is 10.6 Å². The van der Waals surface area contributed by atoms with Gasteiger partial charge in [-0.2, -0.15) is 13.2 Å². The number of amides is 1. The molecule has 0 saturated heterocycles. The summed E-state index contributed by atoms with van der Waals surface area (Å²) in [7, 11) is 1.60. The first-order chi connectivity index (χ1) is 15.7. The molecule has 3 aromatic rings. The van der Waals surface area contributed by atoms with Crippen LogP contribution in [0.4, 0.5) is 13.2 Å². The fourth-order valence-electron chi connectivity index (χ4n) is 3.94. The van der Waals surface area contributed by atoms with Crippen molar-refractivity contribution in [2.24, 2.45) is 0 Å². The number of aryl methyl sites for hydroxylation is 2. The van der Waals surface area contributed by atoms with E-state index in [1.807, 2.05) is 56.3 Å². The fraction of sp³-hybridized carbons (Fsp3) is 0.296. The molecule has 2 atom stereocenters. The van der Waals surface area contributed by atoms with Crippen molar-refractivity contribution in [3.05, 3.63) is 106 Å². The van der Waals surface area contributed by atoms with Crippen LogP contribution in [-0.2, 0) is 11.0 Å². The molecule has 0 spiro atoms. The lowest BCUT2D eigenvalue weighted by atomic mass is 9.86. The van der Waals surface area contributed by atoms with Gasteiger partial charge in [0.15, 0.2) is 0 Å². The van der Waals surface area contributed by atoms with Gasteiger partial charge in [-0.05, 0) is 66.8 Å². The van der Waals surface area contributed by atoms with Crippen molar-refractivity contribution in [3.8, 4) is 0 Å². The van der Waals surface area contributed by atoms with Crippen molar-refractivity contribution < 1.29 is 18.0 Å². The highest BCUT2D eigenvalue weighted by Crippen LogP contribution is 2.33. The predicted molar refractivity (Wildman–Crippen MR) is 125 cm³/mol. The van der Waals surface area contributed by atoms with Gasteiger partial charge in [0, 0.05) is 13.0 Å². The largest absolute Gasteiger partial charge is 0.416 e. The van der Waals surface area contributed by atoms with Crippen molar-refractivity contribution in [1.82, 2.24) is 10.6 Å². The van der Waals surface area contributed by atoms with E-state index in [1.165, 1.54) is 0 Å². The molecule has 2 N–H and O–H groups in total. The van der Waals surface area contributed by atoms with Gasteiger partial charge in [0.1, 0.15) is 6.04 Å². The first-order valence-corrected chi connectivity index (χ1v) is 10.9. The Morgan fingerprint density at radius 3 is 2.06 bits per heavy atom. The summed E-state index contributed by atoms with van der Waals surface area (Å²) in [5.74, 6) is -0.251. The van der Waals surface area contributed by atoms with Crippen LogP contribution >= 0.6 is 0 Å². The Morgan fingerprint density at radius 1 is 0.848 bits per heavy atom. The zero-order valence-corrected chi connectivity index (χ0v) is 19.0. The number of halogens is 3. The number of hydrogen-bond acceptors (Lipinski definition) is 2. The normalized spacial score (nSPS) is 13.4. The zero-order chi connectivity index (χ0) is 24.0. The summed E-state index contributed by atoms with van der Waals surface area (Å²) < 4.78 is 39.2. The highest BCUT2D eigenvalue weighted by Gasteiger charge is 2.30. The topological polar surface area (TPSA) is 41.1 Å². The molecule has 3 nitrogen and oxygen atoms in total. The molecule has 3 rings (SSSR count). The molecule has 0 unspecified atom stereocenters. The molecule has 0 aliphatic heterocycles. The number of benzene rings is 3. The van der Waals surface area contributed by atoms with Crippen molar-refractivity contribution >= 4 is 5.91 Å². The summed E-state index contributed by atoms with van der Waals surface area (Å²) in [6.45, 7) is 4.56. The van der Waals surface area contributed by atoms with Gasteiger partial charge in [0.05, 0.1) is 5.56 Å². The zero-order valence-electron chi connectivity index (χ0n) is 19.0. The summed E-state index contributed by atoms with van der Waals surface area (Å²) >= 11 is 0. The van der Waals surface area contributed by atoms with Crippen LogP contribution in [0.5, 0.6) is 0 Å². The third kappa shape index (κ3) is 6.23. The summed E-state index contributed by atoms with van der Waals surface area (Å²) in [5, 5.41) is 6.02. The maximum Gasteiger partial charge on any atom is 0.416 e. The molecule has 6 heteroatoms. The molecule has 3 aromatic carbocycles. The molecule has 0 aromatic heterocycles. The molecule has 33 heavy (non-hydrogen) atoms. The minimum absolute atomic E-state index is 0.111. The molecule has 0 radical (unpaired) electrons. The quantitative estimate of drug-likeness (QED) is 0.444. The summed E-state index contributed by atoms with van der Waals surface area (Å²) in [5.41, 5.74) is 4.33. The maximum atomic E-state index is 13.1. The lowest BCUT2D eigenvalue weighted by Gasteiger charge is -2.23. The van der Waals surface area contributed by atoms with Crippen molar-refractivity contribution in [2.75, 3.05) is 13.6 Å². The van der Waals surface area contributed by atoms with Crippen molar-refractivity contribution in [3.63, 3.8) is 0 Å². The number of carbonyl (C=O) groups excluding carboxylic acids is 1. The van der Waals surface area contributed by atoms with Gasteiger partial charge in [-0.1, -0.05) is 60.7 Å². The van der Waals surface area contributed by atoms with Crippen LogP contribution in [0.1, 0.15) is 51.8 Å². The van der Waals surface area contributed by atoms with Gasteiger partial charge in [0.25, 0.3) is 0 Å². The maximum absolute atomic E-state index is 13.1. The van der Waals surface area contributed by atoms with E-state index in [9.17, 15) is 18.0 Å². The summed E-state index contributed by atoms with van der Waals surface area (Å²) in [4.78, 5) is 12.5. The van der Waals surface area contributed by atoms with Crippen molar-refractivity contribution in [2.45, 2.75) is 38.4 Å². The Morgan fingerprint density at radius 2 is 1.48 bits per heavy atom. The van der Waals surface area contributed by atoms with Gasteiger partial charge < -0.3 is 10.6 Å². The van der Waals surface area contributed by atoms with Gasteiger partial charge in [-0.25, -0.2) is 0 Å². The van der Waals surface area contributed by atoms with Crippen LogP contribution in [-0.4, -0.2) is 19.5 Å². The van der Waals surface area contributed by atoms with E-state index < -0.39 is 17.8 Å². The number of alkyl halides is 3. The van der Waals surface area contributed by atoms with E-state index in [0.717, 1.165) is 39.9 Å². The third-order valence-corrected chi connectivity index (χ3v) is 6.00. The molecule has 0 bridgehead atoms. The average molecular weight is 455 g/mol. The van der Waals surface area contributed by atoms with E-state index >= 15 is 0 Å². The van der Waals surface area contributed by atoms with Crippen molar-refractivity contribution in [1.29, 1.82) is 0 Å². The van der Waals surface area contributed by atoms with Crippen LogP contribution in [0.15, 0.2) is 72.8 Å². The van der Waals surface area contributed by atoms with Gasteiger partial charge >= 0.3 is 6.18 Å². The smallest absolute Gasteiger partial charge is 0.358 e. The highest BCUT2D eigenvalue weighted by molar-refractivity contribution is 5.82. The average Bonchev–Trinajstić information content (AvgIpc) is 2.81. The van der Waals surface area contributed by atoms with Gasteiger partial charge in [0.2, 0.25) is 5.91 Å². The molecular formula is C27H29F3N2O. The van der Waals surface area contributed by atoms with E-state index in [0.29, 0.717) is 13.0 Å². The summed E-state index contributed by atoms with van der Waals surface area (Å²) in [6, 6.07) is 20.5. The second-order valence-electron chi connectivity index (χ2n) is 8.22. The first-order valence-electron chi connectivity index (χ1n) is 10.9. The van der Waals surface area contributed by atoms with Gasteiger partial charge in [-0.15, -0.1) is 0 Å². The molecule has 0 aliphatic rings. The van der Waals surface area contributed by atoms with E-state index in [-0.39, 0.29) is 11.8 Å². The van der Waals surface area contributed by atoms with E-state index in [1.54, 1.807) is 19.2 Å². The summed E-state index contributed by atoms with van der Waals surface area (Å²) in [6.07, 6.45) is -3.75. The minimum Gasteiger partial charge on any atom is -0.358 e. The number of hydrogen-bond donors (Lipinski definition) is 2. The monoisotopic (exact) mass is 454 g/mol. The molecule has 0 saturated carbocycles. The van der Waals surface area contributed by atoms with Crippen LogP contribution in [0.25, 0.3) is 0 Å². The van der Waals surface area contributed by atoms with Crippen LogP contribution in [0.2, 0.25) is 0 Å². The molecule has 1 amide bonds. The Balaban J connectivity index is 1.85. The standard InChI is InChI=1S/C27H29F3N2O/c1-18-9-10-22(17-19(18)2)24(20-11-13-23(14-12-20)27(28,29)30)15-16-32-25(26(33)31-3)21-7-5-4-6-8-21/h4-14,17,24-25,32H,15-16H2,1-3H3,(H,31,33)/t24-,25-/m1/s1. The highest BCUT2D eigenvalue weighted by atomic mass is 19.4. The second-order valence-corrected chi connectivity index (χ2v) is 8.22. The van der Waals surface area contributed by atoms with Gasteiger partial charge in [-0.3, -0.25) is 4.79 Å². The van der Waals surface area contributed by atoms with Crippen LogP contribution in [0, 0.1) is 13.8 Å². The molecule has 0 aliphatic carbocycles. The number of likely N-dealkylation sites (N-methyl/N-ethyl adjacent to an activating group) is 1. The molecular weight excluding hydrogens is 425 g/mol. The predicted octanol–water partition coefficient (Wildman–Crippen LogP) is 5.92. The number of rotatable bonds is 8. The van der Waals surface area contributed by atoms with E-state index in [2.05, 4.69) is 16.7 Å². The SMILES string of the molecule is CNC(=O)[C@H](NCC[C@H](c1ccc(C(F)(F)F)cc1)c1ccc(C)c(C)c1)c1ccccc1.